The number of nitrogens with two attached hydrogens (primary N) is 1. The second kappa shape index (κ2) is 5.41. The van der Waals surface area contributed by atoms with Crippen molar-refractivity contribution in [1.82, 2.24) is 0 Å². The highest BCUT2D eigenvalue weighted by atomic mass is 16.5. The summed E-state index contributed by atoms with van der Waals surface area (Å²) in [5, 5.41) is 0. The smallest absolute Gasteiger partial charge is 0.131 e. The summed E-state index contributed by atoms with van der Waals surface area (Å²) in [7, 11) is 1.70. The predicted molar refractivity (Wildman–Crippen MR) is 85.1 cm³/mol. The van der Waals surface area contributed by atoms with Gasteiger partial charge in [-0.15, -0.1) is 0 Å². The first kappa shape index (κ1) is 14.0. The van der Waals surface area contributed by atoms with Crippen molar-refractivity contribution in [3.63, 3.8) is 0 Å². The van der Waals surface area contributed by atoms with Crippen LogP contribution in [-0.2, 0) is 6.42 Å². The standard InChI is InChI=1S/C18H21NO2/c1-11-5-4-6-12(2)17(11)16-9-14(20-3)7-13-8-15(10-19)21-18(13)16/h4-7,9,15H,8,10,19H2,1-3H3. The van der Waals surface area contributed by atoms with Crippen molar-refractivity contribution in [2.75, 3.05) is 13.7 Å². The molecule has 0 radical (unpaired) electrons. The maximum Gasteiger partial charge on any atom is 0.131 e. The summed E-state index contributed by atoms with van der Waals surface area (Å²) in [6.07, 6.45) is 0.913. The maximum atomic E-state index is 6.07. The van der Waals surface area contributed by atoms with E-state index in [1.54, 1.807) is 7.11 Å². The van der Waals surface area contributed by atoms with E-state index < -0.39 is 0 Å². The van der Waals surface area contributed by atoms with E-state index in [9.17, 15) is 0 Å². The molecule has 0 fully saturated rings. The van der Waals surface area contributed by atoms with Crippen LogP contribution in [0.2, 0.25) is 0 Å². The summed E-state index contributed by atoms with van der Waals surface area (Å²) in [5.41, 5.74) is 11.8. The van der Waals surface area contributed by atoms with E-state index in [2.05, 4.69) is 44.2 Å². The van der Waals surface area contributed by atoms with Crippen molar-refractivity contribution in [2.24, 2.45) is 5.73 Å². The lowest BCUT2D eigenvalue weighted by molar-refractivity contribution is 0.242. The molecule has 0 aromatic heterocycles. The van der Waals surface area contributed by atoms with Crippen LogP contribution in [0.4, 0.5) is 0 Å². The molecule has 1 unspecified atom stereocenters. The highest BCUT2D eigenvalue weighted by Crippen LogP contribution is 2.43. The minimum absolute atomic E-state index is 0.0650. The molecule has 3 rings (SSSR count). The fraction of sp³-hybridized carbons (Fsp3) is 0.333. The van der Waals surface area contributed by atoms with Gasteiger partial charge in [0.15, 0.2) is 0 Å². The number of benzene rings is 2. The van der Waals surface area contributed by atoms with Gasteiger partial charge in [0.05, 0.1) is 7.11 Å². The third-order valence-electron chi connectivity index (χ3n) is 4.12. The van der Waals surface area contributed by atoms with Crippen molar-refractivity contribution < 1.29 is 9.47 Å². The van der Waals surface area contributed by atoms with Gasteiger partial charge in [0, 0.05) is 24.1 Å². The van der Waals surface area contributed by atoms with Crippen molar-refractivity contribution in [2.45, 2.75) is 26.4 Å². The summed E-state index contributed by atoms with van der Waals surface area (Å²) < 4.78 is 11.5. The molecular weight excluding hydrogens is 262 g/mol. The highest BCUT2D eigenvalue weighted by molar-refractivity contribution is 5.79. The van der Waals surface area contributed by atoms with Gasteiger partial charge < -0.3 is 15.2 Å². The number of fused-ring (bicyclic) bond motifs is 1. The highest BCUT2D eigenvalue weighted by Gasteiger charge is 2.27. The van der Waals surface area contributed by atoms with E-state index in [0.717, 1.165) is 23.5 Å². The van der Waals surface area contributed by atoms with E-state index in [4.69, 9.17) is 15.2 Å². The van der Waals surface area contributed by atoms with Crippen LogP contribution in [0.3, 0.4) is 0 Å². The van der Waals surface area contributed by atoms with Crippen molar-refractivity contribution in [1.29, 1.82) is 0 Å². The van der Waals surface area contributed by atoms with Crippen molar-refractivity contribution >= 4 is 0 Å². The zero-order valence-electron chi connectivity index (χ0n) is 12.8. The van der Waals surface area contributed by atoms with Crippen LogP contribution in [-0.4, -0.2) is 19.8 Å². The van der Waals surface area contributed by atoms with Crippen LogP contribution in [0.15, 0.2) is 30.3 Å². The van der Waals surface area contributed by atoms with Crippen molar-refractivity contribution in [3.05, 3.63) is 47.0 Å². The second-order valence-corrected chi connectivity index (χ2v) is 5.61. The Morgan fingerprint density at radius 1 is 1.24 bits per heavy atom. The van der Waals surface area contributed by atoms with Gasteiger partial charge in [0.1, 0.15) is 17.6 Å². The lowest BCUT2D eigenvalue weighted by Crippen LogP contribution is -2.24. The van der Waals surface area contributed by atoms with E-state index in [0.29, 0.717) is 6.54 Å². The van der Waals surface area contributed by atoms with E-state index in [-0.39, 0.29) is 6.10 Å². The summed E-state index contributed by atoms with van der Waals surface area (Å²) >= 11 is 0. The van der Waals surface area contributed by atoms with Crippen LogP contribution >= 0.6 is 0 Å². The van der Waals surface area contributed by atoms with Gasteiger partial charge in [-0.05, 0) is 42.7 Å². The van der Waals surface area contributed by atoms with Crippen LogP contribution in [0.25, 0.3) is 11.1 Å². The summed E-state index contributed by atoms with van der Waals surface area (Å²) in [4.78, 5) is 0. The lowest BCUT2D eigenvalue weighted by Gasteiger charge is -2.16. The normalized spacial score (nSPS) is 16.5. The fourth-order valence-electron chi connectivity index (χ4n) is 3.08. The van der Waals surface area contributed by atoms with E-state index in [1.807, 2.05) is 0 Å². The molecule has 0 saturated carbocycles. The third-order valence-corrected chi connectivity index (χ3v) is 4.12. The average Bonchev–Trinajstić information content (AvgIpc) is 2.90. The van der Waals surface area contributed by atoms with Gasteiger partial charge in [-0.2, -0.15) is 0 Å². The molecule has 0 saturated heterocycles. The summed E-state index contributed by atoms with van der Waals surface area (Å²) in [6, 6.07) is 10.5. The molecule has 2 aromatic rings. The van der Waals surface area contributed by atoms with Gasteiger partial charge in [0.2, 0.25) is 0 Å². The molecule has 0 spiro atoms. The van der Waals surface area contributed by atoms with Gasteiger partial charge >= 0.3 is 0 Å². The zero-order chi connectivity index (χ0) is 15.0. The lowest BCUT2D eigenvalue weighted by atomic mass is 9.93. The maximum absolute atomic E-state index is 6.07. The minimum atomic E-state index is 0.0650. The van der Waals surface area contributed by atoms with Crippen LogP contribution in [0, 0.1) is 13.8 Å². The van der Waals surface area contributed by atoms with Crippen LogP contribution < -0.4 is 15.2 Å². The van der Waals surface area contributed by atoms with Gasteiger partial charge in [0.25, 0.3) is 0 Å². The first-order valence-electron chi connectivity index (χ1n) is 7.28. The van der Waals surface area contributed by atoms with Crippen molar-refractivity contribution in [3.8, 4) is 22.6 Å². The monoisotopic (exact) mass is 283 g/mol. The Bertz CT molecular complexity index is 659. The first-order chi connectivity index (χ1) is 10.1. The Morgan fingerprint density at radius 3 is 2.57 bits per heavy atom. The molecule has 1 atom stereocenters. The molecule has 0 aliphatic carbocycles. The summed E-state index contributed by atoms with van der Waals surface area (Å²) in [5.74, 6) is 1.83. The Kier molecular flexibility index (Phi) is 3.60. The largest absolute Gasteiger partial charge is 0.497 e. The molecule has 3 nitrogen and oxygen atoms in total. The average molecular weight is 283 g/mol. The van der Waals surface area contributed by atoms with Gasteiger partial charge in [-0.25, -0.2) is 0 Å². The Morgan fingerprint density at radius 2 is 1.95 bits per heavy atom. The quantitative estimate of drug-likeness (QED) is 0.940. The molecule has 21 heavy (non-hydrogen) atoms. The zero-order valence-corrected chi connectivity index (χ0v) is 12.8. The SMILES string of the molecule is COc1cc2c(c(-c3c(C)cccc3C)c1)OC(CN)C2. The first-order valence-corrected chi connectivity index (χ1v) is 7.28. The van der Waals surface area contributed by atoms with Crippen LogP contribution in [0.5, 0.6) is 11.5 Å². The molecule has 110 valence electrons. The van der Waals surface area contributed by atoms with Crippen LogP contribution in [0.1, 0.15) is 16.7 Å². The van der Waals surface area contributed by atoms with Gasteiger partial charge in [-0.3, -0.25) is 0 Å². The third kappa shape index (κ3) is 2.38. The van der Waals surface area contributed by atoms with Gasteiger partial charge in [-0.1, -0.05) is 18.2 Å². The molecular formula is C18H21NO2. The molecule has 2 N–H and O–H groups in total. The Hall–Kier alpha value is -2.00. The number of ether oxygens (including phenoxy) is 2. The van der Waals surface area contributed by atoms with E-state index in [1.165, 1.54) is 22.3 Å². The number of rotatable bonds is 3. The molecule has 0 amide bonds. The molecule has 1 aliphatic rings. The second-order valence-electron chi connectivity index (χ2n) is 5.61. The number of aryl methyl sites for hydroxylation is 2. The number of hydrogen-bond donors (Lipinski definition) is 1. The Balaban J connectivity index is 2.22. The molecule has 3 heteroatoms. The number of hydrogen-bond acceptors (Lipinski definition) is 3. The predicted octanol–water partition coefficient (Wildman–Crippen LogP) is 3.24. The number of methoxy groups -OCH3 is 1. The fourth-order valence-corrected chi connectivity index (χ4v) is 3.08. The topological polar surface area (TPSA) is 44.5 Å². The molecule has 2 aromatic carbocycles. The Labute approximate surface area is 125 Å². The van der Waals surface area contributed by atoms with E-state index >= 15 is 0 Å². The molecule has 1 heterocycles. The minimum Gasteiger partial charge on any atom is -0.497 e. The summed E-state index contributed by atoms with van der Waals surface area (Å²) in [6.45, 7) is 4.79. The molecule has 0 bridgehead atoms. The molecule has 1 aliphatic heterocycles.